The van der Waals surface area contributed by atoms with Gasteiger partial charge in [0.15, 0.2) is 5.13 Å². The van der Waals surface area contributed by atoms with E-state index in [0.717, 1.165) is 57.4 Å². The van der Waals surface area contributed by atoms with E-state index in [1.165, 1.54) is 22.5 Å². The number of nitrogens with zero attached hydrogens (tertiary/aromatic N) is 4. The van der Waals surface area contributed by atoms with Gasteiger partial charge >= 0.3 is 0 Å². The minimum absolute atomic E-state index is 0.588. The number of nitrogens with one attached hydrogen (secondary N) is 1. The Morgan fingerprint density at radius 3 is 2.56 bits per heavy atom. The van der Waals surface area contributed by atoms with Gasteiger partial charge in [0.25, 0.3) is 0 Å². The van der Waals surface area contributed by atoms with Gasteiger partial charge in [-0.15, -0.1) is 11.3 Å². The fourth-order valence-electron chi connectivity index (χ4n) is 4.26. The van der Waals surface area contributed by atoms with E-state index in [0.29, 0.717) is 5.13 Å². The van der Waals surface area contributed by atoms with Gasteiger partial charge in [-0.2, -0.15) is 0 Å². The number of hydrogen-bond acceptors (Lipinski definition) is 7. The van der Waals surface area contributed by atoms with Crippen LogP contribution in [0.2, 0.25) is 0 Å². The van der Waals surface area contributed by atoms with Crippen LogP contribution in [-0.4, -0.2) is 33.2 Å². The maximum Gasteiger partial charge on any atom is 0.180 e. The summed E-state index contributed by atoms with van der Waals surface area (Å²) in [4.78, 5) is 14.4. The molecule has 0 unspecified atom stereocenters. The van der Waals surface area contributed by atoms with E-state index < -0.39 is 0 Å². The molecule has 172 valence electrons. The van der Waals surface area contributed by atoms with E-state index in [1.807, 2.05) is 25.1 Å². The zero-order valence-corrected chi connectivity index (χ0v) is 20.2. The fraction of sp³-hybridized carbons (Fsp3) is 0.192. The minimum Gasteiger partial charge on any atom is -0.496 e. The Morgan fingerprint density at radius 1 is 1.03 bits per heavy atom. The van der Waals surface area contributed by atoms with Crippen LogP contribution in [0.5, 0.6) is 5.75 Å². The summed E-state index contributed by atoms with van der Waals surface area (Å²) in [6, 6.07) is 18.5. The van der Waals surface area contributed by atoms with Crippen LogP contribution in [0.25, 0.3) is 33.4 Å². The predicted octanol–water partition coefficient (Wildman–Crippen LogP) is 5.54. The molecule has 0 saturated heterocycles. The normalized spacial score (nSPS) is 11.1. The number of methoxy groups -OCH3 is 1. The molecule has 0 aliphatic carbocycles. The lowest BCUT2D eigenvalue weighted by Gasteiger charge is -2.11. The van der Waals surface area contributed by atoms with Crippen molar-refractivity contribution >= 4 is 33.2 Å². The van der Waals surface area contributed by atoms with Crippen molar-refractivity contribution in [2.75, 3.05) is 24.7 Å². The third kappa shape index (κ3) is 4.20. The van der Waals surface area contributed by atoms with Crippen molar-refractivity contribution in [2.24, 2.45) is 0 Å². The molecule has 3 N–H and O–H groups in total. The van der Waals surface area contributed by atoms with E-state index in [9.17, 15) is 0 Å². The van der Waals surface area contributed by atoms with E-state index in [-0.39, 0.29) is 0 Å². The Morgan fingerprint density at radius 2 is 1.82 bits per heavy atom. The summed E-state index contributed by atoms with van der Waals surface area (Å²) in [6.45, 7) is 5.70. The first kappa shape index (κ1) is 21.9. The van der Waals surface area contributed by atoms with Gasteiger partial charge in [0.1, 0.15) is 17.9 Å². The SMILES string of the molecule is COc1cccc2c1cc(C)n2CCNc1cc(-c2ccc(-c3nc(N)sc3C)cc2)ncn1. The molecule has 34 heavy (non-hydrogen) atoms. The highest BCUT2D eigenvalue weighted by Crippen LogP contribution is 2.31. The number of nitrogens with two attached hydrogens (primary N) is 1. The minimum atomic E-state index is 0.588. The van der Waals surface area contributed by atoms with Gasteiger partial charge in [-0.1, -0.05) is 30.3 Å². The Balaban J connectivity index is 1.29. The van der Waals surface area contributed by atoms with Gasteiger partial charge in [0.2, 0.25) is 0 Å². The monoisotopic (exact) mass is 470 g/mol. The van der Waals surface area contributed by atoms with Crippen molar-refractivity contribution in [1.29, 1.82) is 0 Å². The Labute approximate surface area is 202 Å². The molecule has 0 fully saturated rings. The number of hydrogen-bond donors (Lipinski definition) is 2. The Bertz CT molecular complexity index is 1450. The van der Waals surface area contributed by atoms with Crippen LogP contribution in [0.4, 0.5) is 10.9 Å². The highest BCUT2D eigenvalue weighted by Gasteiger charge is 2.11. The number of fused-ring (bicyclic) bond motifs is 1. The second-order valence-electron chi connectivity index (χ2n) is 8.08. The summed E-state index contributed by atoms with van der Waals surface area (Å²) < 4.78 is 7.80. The fourth-order valence-corrected chi connectivity index (χ4v) is 4.97. The topological polar surface area (TPSA) is 90.9 Å². The first-order valence-electron chi connectivity index (χ1n) is 11.1. The van der Waals surface area contributed by atoms with Gasteiger partial charge < -0.3 is 20.4 Å². The molecular formula is C26H26N6OS. The molecule has 0 radical (unpaired) electrons. The molecule has 7 nitrogen and oxygen atoms in total. The van der Waals surface area contributed by atoms with E-state index in [1.54, 1.807) is 13.4 Å². The zero-order valence-electron chi connectivity index (χ0n) is 19.4. The smallest absolute Gasteiger partial charge is 0.180 e. The van der Waals surface area contributed by atoms with E-state index in [2.05, 4.69) is 68.2 Å². The van der Waals surface area contributed by atoms with Gasteiger partial charge in [-0.05, 0) is 32.0 Å². The van der Waals surface area contributed by atoms with E-state index in [4.69, 9.17) is 10.5 Å². The highest BCUT2D eigenvalue weighted by atomic mass is 32.1. The molecule has 0 atom stereocenters. The zero-order chi connectivity index (χ0) is 23.7. The second kappa shape index (κ2) is 9.15. The summed E-state index contributed by atoms with van der Waals surface area (Å²) in [6.07, 6.45) is 1.60. The summed E-state index contributed by atoms with van der Waals surface area (Å²) in [5.74, 6) is 1.69. The van der Waals surface area contributed by atoms with Crippen molar-refractivity contribution in [1.82, 2.24) is 19.5 Å². The van der Waals surface area contributed by atoms with Crippen molar-refractivity contribution in [2.45, 2.75) is 20.4 Å². The molecule has 0 saturated carbocycles. The van der Waals surface area contributed by atoms with Crippen LogP contribution in [0.3, 0.4) is 0 Å². The third-order valence-corrected chi connectivity index (χ3v) is 6.71. The molecule has 0 aliphatic heterocycles. The van der Waals surface area contributed by atoms with Crippen LogP contribution in [0.15, 0.2) is 60.9 Å². The number of rotatable bonds is 7. The summed E-state index contributed by atoms with van der Waals surface area (Å²) in [7, 11) is 1.71. The quantitative estimate of drug-likeness (QED) is 0.324. The number of aryl methyl sites for hydroxylation is 2. The maximum absolute atomic E-state index is 5.85. The lowest BCUT2D eigenvalue weighted by Crippen LogP contribution is -2.12. The highest BCUT2D eigenvalue weighted by molar-refractivity contribution is 7.15. The molecule has 0 aliphatic rings. The first-order chi connectivity index (χ1) is 16.5. The molecule has 5 rings (SSSR count). The van der Waals surface area contributed by atoms with Crippen LogP contribution in [0.1, 0.15) is 10.6 Å². The molecule has 2 aromatic carbocycles. The lowest BCUT2D eigenvalue weighted by molar-refractivity contribution is 0.420. The van der Waals surface area contributed by atoms with Crippen molar-refractivity contribution < 1.29 is 4.74 Å². The molecular weight excluding hydrogens is 444 g/mol. The molecule has 5 aromatic rings. The standard InChI is InChI=1S/C26H26N6OS/c1-16-13-20-22(5-4-6-23(20)33-3)32(16)12-11-28-24-14-21(29-15-30-24)18-7-9-19(10-8-18)25-17(2)34-26(27)31-25/h4-10,13-15H,11-12H2,1-3H3,(H2,27,31)(H,28,29,30). The van der Waals surface area contributed by atoms with Crippen molar-refractivity contribution in [3.63, 3.8) is 0 Å². The average Bonchev–Trinajstić information content (AvgIpc) is 3.36. The van der Waals surface area contributed by atoms with E-state index >= 15 is 0 Å². The Hall–Kier alpha value is -3.91. The summed E-state index contributed by atoms with van der Waals surface area (Å²) in [5.41, 5.74) is 12.1. The Kier molecular flexibility index (Phi) is 5.90. The van der Waals surface area contributed by atoms with Crippen LogP contribution in [0, 0.1) is 13.8 Å². The molecule has 3 aromatic heterocycles. The largest absolute Gasteiger partial charge is 0.496 e. The second-order valence-corrected chi connectivity index (χ2v) is 9.31. The number of aromatic nitrogens is 4. The van der Waals surface area contributed by atoms with Crippen molar-refractivity contribution in [3.8, 4) is 28.3 Å². The van der Waals surface area contributed by atoms with Crippen LogP contribution < -0.4 is 15.8 Å². The first-order valence-corrected chi connectivity index (χ1v) is 11.9. The van der Waals surface area contributed by atoms with Crippen LogP contribution >= 0.6 is 11.3 Å². The molecule has 0 bridgehead atoms. The summed E-state index contributed by atoms with van der Waals surface area (Å²) in [5, 5.41) is 5.15. The molecule has 8 heteroatoms. The number of nitrogen functional groups attached to an aromatic ring is 1. The maximum atomic E-state index is 5.85. The number of thiazole rings is 1. The third-order valence-electron chi connectivity index (χ3n) is 5.91. The summed E-state index contributed by atoms with van der Waals surface area (Å²) >= 11 is 1.51. The molecule has 0 spiro atoms. The number of anilines is 2. The number of benzene rings is 2. The number of ether oxygens (including phenoxy) is 1. The van der Waals surface area contributed by atoms with Gasteiger partial charge in [0, 0.05) is 46.2 Å². The lowest BCUT2D eigenvalue weighted by atomic mass is 10.1. The van der Waals surface area contributed by atoms with Gasteiger partial charge in [-0.25, -0.2) is 15.0 Å². The molecule has 0 amide bonds. The van der Waals surface area contributed by atoms with Crippen LogP contribution in [-0.2, 0) is 6.54 Å². The molecule has 3 heterocycles. The van der Waals surface area contributed by atoms with Gasteiger partial charge in [-0.3, -0.25) is 0 Å². The van der Waals surface area contributed by atoms with Gasteiger partial charge in [0.05, 0.1) is 24.0 Å². The predicted molar refractivity (Wildman–Crippen MR) is 139 cm³/mol. The average molecular weight is 471 g/mol. The van der Waals surface area contributed by atoms with Crippen molar-refractivity contribution in [3.05, 3.63) is 71.5 Å².